The Morgan fingerprint density at radius 1 is 1.14 bits per heavy atom. The van der Waals surface area contributed by atoms with Gasteiger partial charge in [0.15, 0.2) is 11.4 Å². The minimum atomic E-state index is -1.79. The van der Waals surface area contributed by atoms with Crippen molar-refractivity contribution < 1.29 is 30.0 Å². The van der Waals surface area contributed by atoms with Crippen molar-refractivity contribution in [2.75, 3.05) is 13.2 Å². The van der Waals surface area contributed by atoms with Crippen LogP contribution < -0.4 is 0 Å². The van der Waals surface area contributed by atoms with Gasteiger partial charge in [-0.1, -0.05) is 18.2 Å². The standard InChI is InChI=1S/C15H24O6/c1-4-7-12(18)15(8-5-2,21-9-6-3)14(20)13(19)11(17)10-16/h4-6,11,13-14,16-17,19-20H,1-3,7-10H2/t11-,13-,14+,15+/m1/s1. The number of Topliss-reactive ketones (excluding diaryl/α,β-unsaturated/α-hetero) is 1. The molecule has 0 aromatic rings. The molecule has 0 aromatic carbocycles. The molecule has 21 heavy (non-hydrogen) atoms. The van der Waals surface area contributed by atoms with Crippen LogP contribution in [0.5, 0.6) is 0 Å². The lowest BCUT2D eigenvalue weighted by molar-refractivity contribution is -0.185. The van der Waals surface area contributed by atoms with Crippen LogP contribution in [0.4, 0.5) is 0 Å². The highest BCUT2D eigenvalue weighted by Gasteiger charge is 2.48. The molecule has 0 radical (unpaired) electrons. The van der Waals surface area contributed by atoms with Crippen molar-refractivity contribution in [3.05, 3.63) is 38.0 Å². The van der Waals surface area contributed by atoms with Gasteiger partial charge in [0, 0.05) is 12.8 Å². The van der Waals surface area contributed by atoms with E-state index in [2.05, 4.69) is 19.7 Å². The fraction of sp³-hybridized carbons (Fsp3) is 0.533. The Balaban J connectivity index is 5.59. The summed E-state index contributed by atoms with van der Waals surface area (Å²) in [5.41, 5.74) is -1.79. The summed E-state index contributed by atoms with van der Waals surface area (Å²) in [6.07, 6.45) is -1.18. The van der Waals surface area contributed by atoms with Gasteiger partial charge in [-0.3, -0.25) is 4.79 Å². The zero-order valence-corrected chi connectivity index (χ0v) is 12.0. The summed E-state index contributed by atoms with van der Waals surface area (Å²) >= 11 is 0. The maximum absolute atomic E-state index is 12.3. The van der Waals surface area contributed by atoms with Crippen LogP contribution in [0.15, 0.2) is 38.0 Å². The number of allylic oxidation sites excluding steroid dienone is 1. The Morgan fingerprint density at radius 3 is 2.19 bits per heavy atom. The van der Waals surface area contributed by atoms with Gasteiger partial charge in [-0.05, 0) is 0 Å². The van der Waals surface area contributed by atoms with Gasteiger partial charge >= 0.3 is 0 Å². The predicted molar refractivity (Wildman–Crippen MR) is 78.6 cm³/mol. The molecule has 0 aliphatic heterocycles. The van der Waals surface area contributed by atoms with Crippen molar-refractivity contribution >= 4 is 5.78 Å². The number of ether oxygens (including phenoxy) is 1. The van der Waals surface area contributed by atoms with Gasteiger partial charge in [0.1, 0.15) is 18.3 Å². The number of rotatable bonds is 12. The average molecular weight is 300 g/mol. The molecule has 4 N–H and O–H groups in total. The van der Waals surface area contributed by atoms with E-state index in [0.29, 0.717) is 0 Å². The summed E-state index contributed by atoms with van der Waals surface area (Å²) < 4.78 is 5.42. The van der Waals surface area contributed by atoms with E-state index in [1.54, 1.807) is 0 Å². The topological polar surface area (TPSA) is 107 Å². The van der Waals surface area contributed by atoms with Gasteiger partial charge in [0.25, 0.3) is 0 Å². The summed E-state index contributed by atoms with van der Waals surface area (Å²) in [7, 11) is 0. The van der Waals surface area contributed by atoms with Crippen LogP contribution in [-0.4, -0.2) is 63.3 Å². The molecule has 0 saturated heterocycles. The molecular weight excluding hydrogens is 276 g/mol. The van der Waals surface area contributed by atoms with Gasteiger partial charge in [0.05, 0.1) is 13.2 Å². The summed E-state index contributed by atoms with van der Waals surface area (Å²) in [4.78, 5) is 12.3. The zero-order chi connectivity index (χ0) is 16.5. The maximum atomic E-state index is 12.3. The molecule has 0 aromatic heterocycles. The number of carbonyl (C=O) groups excluding carboxylic acids is 1. The van der Waals surface area contributed by atoms with E-state index in [9.17, 15) is 20.1 Å². The Morgan fingerprint density at radius 2 is 1.76 bits per heavy atom. The number of hydrogen-bond donors (Lipinski definition) is 4. The number of aliphatic hydroxyl groups is 4. The SMILES string of the molecule is C=CCO[C@@](CC=C)(C(=O)CC=C)[C@@H](O)[C@H](O)[C@H](O)CO. The van der Waals surface area contributed by atoms with Crippen molar-refractivity contribution in [3.8, 4) is 0 Å². The van der Waals surface area contributed by atoms with E-state index in [0.717, 1.165) is 0 Å². The van der Waals surface area contributed by atoms with E-state index in [1.165, 1.54) is 18.2 Å². The van der Waals surface area contributed by atoms with Gasteiger partial charge in [-0.25, -0.2) is 0 Å². The third-order valence-corrected chi connectivity index (χ3v) is 3.09. The summed E-state index contributed by atoms with van der Waals surface area (Å²) in [5.74, 6) is -0.518. The molecule has 0 amide bonds. The predicted octanol–water partition coefficient (Wildman–Crippen LogP) is -0.276. The Hall–Kier alpha value is -1.31. The number of ketones is 1. The average Bonchev–Trinajstić information content (AvgIpc) is 2.49. The van der Waals surface area contributed by atoms with E-state index >= 15 is 0 Å². The lowest BCUT2D eigenvalue weighted by Crippen LogP contribution is -2.59. The molecule has 6 heteroatoms. The summed E-state index contributed by atoms with van der Waals surface area (Å²) in [5, 5.41) is 38.5. The number of aliphatic hydroxyl groups excluding tert-OH is 4. The van der Waals surface area contributed by atoms with Crippen LogP contribution in [0, 0.1) is 0 Å². The summed E-state index contributed by atoms with van der Waals surface area (Å²) in [6.45, 7) is 9.63. The van der Waals surface area contributed by atoms with Crippen LogP contribution in [0.3, 0.4) is 0 Å². The number of carbonyl (C=O) groups is 1. The fourth-order valence-corrected chi connectivity index (χ4v) is 1.94. The minimum Gasteiger partial charge on any atom is -0.394 e. The molecule has 4 atom stereocenters. The largest absolute Gasteiger partial charge is 0.394 e. The van der Waals surface area contributed by atoms with Gasteiger partial charge in [0.2, 0.25) is 0 Å². The van der Waals surface area contributed by atoms with Gasteiger partial charge in [-0.15, -0.1) is 19.7 Å². The smallest absolute Gasteiger partial charge is 0.171 e. The Labute approximate surface area is 124 Å². The molecular formula is C15H24O6. The fourth-order valence-electron chi connectivity index (χ4n) is 1.94. The second kappa shape index (κ2) is 9.59. The van der Waals surface area contributed by atoms with Crippen molar-refractivity contribution in [1.29, 1.82) is 0 Å². The van der Waals surface area contributed by atoms with Crippen molar-refractivity contribution in [2.24, 2.45) is 0 Å². The first kappa shape index (κ1) is 19.7. The molecule has 0 aliphatic rings. The molecule has 0 fully saturated rings. The quantitative estimate of drug-likeness (QED) is 0.369. The van der Waals surface area contributed by atoms with E-state index in [-0.39, 0.29) is 19.4 Å². The lowest BCUT2D eigenvalue weighted by atomic mass is 9.82. The highest BCUT2D eigenvalue weighted by atomic mass is 16.5. The van der Waals surface area contributed by atoms with E-state index in [4.69, 9.17) is 9.84 Å². The molecule has 0 unspecified atom stereocenters. The molecule has 120 valence electrons. The first-order valence-electron chi connectivity index (χ1n) is 6.56. The second-order valence-corrected chi connectivity index (χ2v) is 4.58. The molecule has 0 aliphatic carbocycles. The third-order valence-electron chi connectivity index (χ3n) is 3.09. The number of hydrogen-bond acceptors (Lipinski definition) is 6. The minimum absolute atomic E-state index is 0.0459. The Kier molecular flexibility index (Phi) is 9.00. The van der Waals surface area contributed by atoms with Crippen LogP contribution in [0.2, 0.25) is 0 Å². The normalized spacial score (nSPS) is 18.1. The van der Waals surface area contributed by atoms with E-state index in [1.807, 2.05) is 0 Å². The Bertz CT molecular complexity index is 367. The second-order valence-electron chi connectivity index (χ2n) is 4.58. The molecule has 0 rings (SSSR count). The summed E-state index contributed by atoms with van der Waals surface area (Å²) in [6, 6.07) is 0. The molecule has 0 saturated carbocycles. The van der Waals surface area contributed by atoms with Gasteiger partial charge < -0.3 is 25.2 Å². The van der Waals surface area contributed by atoms with Crippen LogP contribution in [-0.2, 0) is 9.53 Å². The monoisotopic (exact) mass is 300 g/mol. The van der Waals surface area contributed by atoms with Crippen LogP contribution >= 0.6 is 0 Å². The van der Waals surface area contributed by atoms with Crippen molar-refractivity contribution in [3.63, 3.8) is 0 Å². The van der Waals surface area contributed by atoms with Crippen LogP contribution in [0.25, 0.3) is 0 Å². The molecule has 0 spiro atoms. The van der Waals surface area contributed by atoms with Crippen molar-refractivity contribution in [1.82, 2.24) is 0 Å². The van der Waals surface area contributed by atoms with Crippen LogP contribution in [0.1, 0.15) is 12.8 Å². The molecule has 6 nitrogen and oxygen atoms in total. The maximum Gasteiger partial charge on any atom is 0.171 e. The highest BCUT2D eigenvalue weighted by molar-refractivity contribution is 5.89. The lowest BCUT2D eigenvalue weighted by Gasteiger charge is -2.38. The molecule has 0 bridgehead atoms. The third kappa shape index (κ3) is 4.87. The van der Waals surface area contributed by atoms with Gasteiger partial charge in [-0.2, -0.15) is 0 Å². The molecule has 0 heterocycles. The first-order valence-corrected chi connectivity index (χ1v) is 6.56. The van der Waals surface area contributed by atoms with E-state index < -0.39 is 36.3 Å². The zero-order valence-electron chi connectivity index (χ0n) is 12.0. The van der Waals surface area contributed by atoms with Crippen molar-refractivity contribution in [2.45, 2.75) is 36.8 Å². The first-order chi connectivity index (χ1) is 9.91. The highest BCUT2D eigenvalue weighted by Crippen LogP contribution is 2.28.